The number of anilines is 2. The quantitative estimate of drug-likeness (QED) is 0.908. The van der Waals surface area contributed by atoms with E-state index in [0.717, 1.165) is 24.3 Å². The molecular weight excluding hydrogens is 300 g/mol. The van der Waals surface area contributed by atoms with Crippen molar-refractivity contribution in [1.29, 1.82) is 0 Å². The molecule has 0 radical (unpaired) electrons. The van der Waals surface area contributed by atoms with Crippen molar-refractivity contribution in [2.45, 2.75) is 32.7 Å². The maximum absolute atomic E-state index is 12.5. The van der Waals surface area contributed by atoms with Gasteiger partial charge in [-0.25, -0.2) is 0 Å². The summed E-state index contributed by atoms with van der Waals surface area (Å²) in [5.74, 6) is 0.816. The third-order valence-corrected chi connectivity index (χ3v) is 4.43. The van der Waals surface area contributed by atoms with Gasteiger partial charge in [0, 0.05) is 17.4 Å². The van der Waals surface area contributed by atoms with E-state index in [1.807, 2.05) is 37.3 Å². The Morgan fingerprint density at radius 1 is 1.21 bits per heavy atom. The number of para-hydroxylation sites is 1. The summed E-state index contributed by atoms with van der Waals surface area (Å²) in [5, 5.41) is 2.97. The first-order chi connectivity index (χ1) is 11.7. The Morgan fingerprint density at radius 3 is 2.71 bits per heavy atom. The molecule has 24 heavy (non-hydrogen) atoms. The highest BCUT2D eigenvalue weighted by atomic mass is 16.5. The summed E-state index contributed by atoms with van der Waals surface area (Å²) in [7, 11) is 0. The zero-order chi connectivity index (χ0) is 16.9. The lowest BCUT2D eigenvalue weighted by atomic mass is 9.96. The van der Waals surface area contributed by atoms with Crippen molar-refractivity contribution in [1.82, 2.24) is 0 Å². The van der Waals surface area contributed by atoms with Gasteiger partial charge in [-0.1, -0.05) is 18.2 Å². The first-order valence-corrected chi connectivity index (χ1v) is 8.54. The molecule has 0 aliphatic carbocycles. The number of amides is 1. The van der Waals surface area contributed by atoms with Crippen LogP contribution in [0.2, 0.25) is 0 Å². The van der Waals surface area contributed by atoms with Crippen LogP contribution in [0.4, 0.5) is 11.4 Å². The molecule has 2 aromatic rings. The van der Waals surface area contributed by atoms with Crippen LogP contribution >= 0.6 is 0 Å². The largest absolute Gasteiger partial charge is 0.494 e. The van der Waals surface area contributed by atoms with Crippen molar-refractivity contribution in [3.05, 3.63) is 54.1 Å². The number of nitrogens with zero attached hydrogens (tertiary/aromatic N) is 1. The van der Waals surface area contributed by atoms with Gasteiger partial charge in [0.1, 0.15) is 5.75 Å². The number of hydrogen-bond acceptors (Lipinski definition) is 3. The van der Waals surface area contributed by atoms with Gasteiger partial charge in [-0.05, 0) is 62.6 Å². The minimum absolute atomic E-state index is 0.00251. The Kier molecular flexibility index (Phi) is 5.04. The van der Waals surface area contributed by atoms with Crippen LogP contribution in [0.3, 0.4) is 0 Å². The fourth-order valence-corrected chi connectivity index (χ4v) is 3.16. The van der Waals surface area contributed by atoms with E-state index >= 15 is 0 Å². The summed E-state index contributed by atoms with van der Waals surface area (Å²) in [6.07, 6.45) is 2.15. The fourth-order valence-electron chi connectivity index (χ4n) is 3.16. The van der Waals surface area contributed by atoms with E-state index in [0.29, 0.717) is 19.2 Å². The summed E-state index contributed by atoms with van der Waals surface area (Å²) in [6.45, 7) is 5.14. The molecule has 1 atom stereocenters. The van der Waals surface area contributed by atoms with Crippen LogP contribution in [0.5, 0.6) is 5.75 Å². The lowest BCUT2D eigenvalue weighted by molar-refractivity contribution is -0.115. The maximum atomic E-state index is 12.5. The molecule has 0 unspecified atom stereocenters. The van der Waals surface area contributed by atoms with Crippen LogP contribution in [0.15, 0.2) is 48.5 Å². The molecule has 0 aromatic heterocycles. The average Bonchev–Trinajstić information content (AvgIpc) is 2.59. The highest BCUT2D eigenvalue weighted by Gasteiger charge is 2.24. The number of hydrogen-bond donors (Lipinski definition) is 1. The van der Waals surface area contributed by atoms with E-state index in [9.17, 15) is 4.79 Å². The van der Waals surface area contributed by atoms with Crippen LogP contribution in [0.1, 0.15) is 25.8 Å². The van der Waals surface area contributed by atoms with Gasteiger partial charge in [0.25, 0.3) is 0 Å². The molecule has 0 bridgehead atoms. The Balaban J connectivity index is 1.66. The molecule has 4 nitrogen and oxygen atoms in total. The van der Waals surface area contributed by atoms with Crippen LogP contribution in [-0.2, 0) is 11.2 Å². The van der Waals surface area contributed by atoms with Crippen LogP contribution in [0.25, 0.3) is 0 Å². The second-order valence-corrected chi connectivity index (χ2v) is 6.15. The van der Waals surface area contributed by atoms with Crippen molar-refractivity contribution in [2.75, 3.05) is 23.4 Å². The third-order valence-electron chi connectivity index (χ3n) is 4.43. The minimum atomic E-state index is 0.00251. The smallest absolute Gasteiger partial charge is 0.243 e. The number of aryl methyl sites for hydroxylation is 1. The van der Waals surface area contributed by atoms with Crippen LogP contribution in [0, 0.1) is 0 Å². The van der Waals surface area contributed by atoms with E-state index in [1.165, 1.54) is 11.3 Å². The third kappa shape index (κ3) is 3.70. The molecule has 0 saturated carbocycles. The maximum Gasteiger partial charge on any atom is 0.243 e. The lowest BCUT2D eigenvalue weighted by Gasteiger charge is -2.36. The second kappa shape index (κ2) is 7.39. The number of benzene rings is 2. The lowest BCUT2D eigenvalue weighted by Crippen LogP contribution is -2.42. The Labute approximate surface area is 143 Å². The second-order valence-electron chi connectivity index (χ2n) is 6.15. The molecular formula is C20H24N2O2. The highest BCUT2D eigenvalue weighted by Crippen LogP contribution is 2.30. The Bertz CT molecular complexity index is 697. The van der Waals surface area contributed by atoms with Gasteiger partial charge in [0.2, 0.25) is 5.91 Å². The summed E-state index contributed by atoms with van der Waals surface area (Å²) >= 11 is 0. The van der Waals surface area contributed by atoms with Gasteiger partial charge >= 0.3 is 0 Å². The molecule has 1 N–H and O–H groups in total. The number of fused-ring (bicyclic) bond motifs is 1. The van der Waals surface area contributed by atoms with E-state index in [1.54, 1.807) is 0 Å². The molecule has 126 valence electrons. The summed E-state index contributed by atoms with van der Waals surface area (Å²) in [4.78, 5) is 14.7. The Morgan fingerprint density at radius 2 is 1.96 bits per heavy atom. The molecule has 1 aliphatic rings. The molecule has 1 aliphatic heterocycles. The summed E-state index contributed by atoms with van der Waals surface area (Å²) in [5.41, 5.74) is 3.30. The van der Waals surface area contributed by atoms with Crippen molar-refractivity contribution < 1.29 is 9.53 Å². The molecule has 4 heteroatoms. The van der Waals surface area contributed by atoms with Gasteiger partial charge in [0.15, 0.2) is 0 Å². The number of carbonyl (C=O) groups is 1. The number of rotatable bonds is 5. The molecule has 0 spiro atoms. The Hall–Kier alpha value is -2.49. The molecule has 1 heterocycles. The van der Waals surface area contributed by atoms with Crippen molar-refractivity contribution in [3.63, 3.8) is 0 Å². The van der Waals surface area contributed by atoms with E-state index in [4.69, 9.17) is 4.74 Å². The SMILES string of the molecule is CCOc1ccc(NC(=O)CN2c3ccccc3CC[C@H]2C)cc1. The summed E-state index contributed by atoms with van der Waals surface area (Å²) < 4.78 is 5.42. The molecule has 0 fully saturated rings. The average molecular weight is 324 g/mol. The monoisotopic (exact) mass is 324 g/mol. The van der Waals surface area contributed by atoms with Gasteiger partial charge in [-0.3, -0.25) is 4.79 Å². The van der Waals surface area contributed by atoms with Gasteiger partial charge < -0.3 is 15.0 Å². The van der Waals surface area contributed by atoms with Gasteiger partial charge in [-0.2, -0.15) is 0 Å². The van der Waals surface area contributed by atoms with Crippen molar-refractivity contribution >= 4 is 17.3 Å². The normalized spacial score (nSPS) is 16.4. The number of nitrogens with one attached hydrogen (secondary N) is 1. The van der Waals surface area contributed by atoms with Crippen molar-refractivity contribution in [3.8, 4) is 5.75 Å². The fraction of sp³-hybridized carbons (Fsp3) is 0.350. The van der Waals surface area contributed by atoms with Gasteiger partial charge in [-0.15, -0.1) is 0 Å². The van der Waals surface area contributed by atoms with Gasteiger partial charge in [0.05, 0.1) is 13.2 Å². The standard InChI is InChI=1S/C20H24N2O2/c1-3-24-18-12-10-17(11-13-18)21-20(23)14-22-15(2)8-9-16-6-4-5-7-19(16)22/h4-7,10-13,15H,3,8-9,14H2,1-2H3,(H,21,23)/t15-/m1/s1. The molecule has 0 saturated heterocycles. The van der Waals surface area contributed by atoms with E-state index in [2.05, 4.69) is 35.3 Å². The zero-order valence-electron chi connectivity index (χ0n) is 14.3. The predicted molar refractivity (Wildman–Crippen MR) is 97.8 cm³/mol. The first-order valence-electron chi connectivity index (χ1n) is 8.54. The van der Waals surface area contributed by atoms with Crippen molar-refractivity contribution in [2.24, 2.45) is 0 Å². The number of carbonyl (C=O) groups excluding carboxylic acids is 1. The highest BCUT2D eigenvalue weighted by molar-refractivity contribution is 5.94. The molecule has 2 aromatic carbocycles. The summed E-state index contributed by atoms with van der Waals surface area (Å²) in [6, 6.07) is 16.2. The molecule has 3 rings (SSSR count). The zero-order valence-corrected chi connectivity index (χ0v) is 14.3. The minimum Gasteiger partial charge on any atom is -0.494 e. The van der Waals surface area contributed by atoms with Crippen LogP contribution < -0.4 is 15.0 Å². The van der Waals surface area contributed by atoms with Crippen LogP contribution in [-0.4, -0.2) is 25.1 Å². The first kappa shape index (κ1) is 16.4. The molecule has 1 amide bonds. The number of ether oxygens (including phenoxy) is 1. The van der Waals surface area contributed by atoms with E-state index in [-0.39, 0.29) is 5.91 Å². The van der Waals surface area contributed by atoms with E-state index < -0.39 is 0 Å². The predicted octanol–water partition coefficient (Wildman–Crippen LogP) is 3.87. The topological polar surface area (TPSA) is 41.6 Å².